The first-order valence-electron chi connectivity index (χ1n) is 4.80. The van der Waals surface area contributed by atoms with Crippen molar-refractivity contribution in [2.45, 2.75) is 52.0 Å². The average Bonchev–Trinajstić information content (AvgIpc) is 2.10. The van der Waals surface area contributed by atoms with Crippen molar-refractivity contribution in [3.8, 4) is 0 Å². The highest BCUT2D eigenvalue weighted by Gasteiger charge is 2.53. The van der Waals surface area contributed by atoms with Gasteiger partial charge in [-0.25, -0.2) is 0 Å². The minimum Gasteiger partial charge on any atom is -0.327 e. The van der Waals surface area contributed by atoms with Gasteiger partial charge in [-0.1, -0.05) is 20.3 Å². The summed E-state index contributed by atoms with van der Waals surface area (Å²) < 4.78 is 0. The lowest BCUT2D eigenvalue weighted by atomic mass is 9.52. The van der Waals surface area contributed by atoms with E-state index in [1.165, 1.54) is 32.1 Å². The van der Waals surface area contributed by atoms with E-state index in [1.54, 1.807) is 0 Å². The van der Waals surface area contributed by atoms with Gasteiger partial charge < -0.3 is 5.73 Å². The predicted octanol–water partition coefficient (Wildman–Crippen LogP) is 2.30. The minimum atomic E-state index is 0.524. The summed E-state index contributed by atoms with van der Waals surface area (Å²) in [5, 5.41) is 0. The first-order chi connectivity index (χ1) is 5.04. The van der Waals surface area contributed by atoms with Gasteiger partial charge in [-0.15, -0.1) is 0 Å². The second kappa shape index (κ2) is 2.01. The van der Waals surface area contributed by atoms with Crippen molar-refractivity contribution in [3.63, 3.8) is 0 Å². The van der Waals surface area contributed by atoms with Crippen molar-refractivity contribution in [2.24, 2.45) is 16.6 Å². The van der Waals surface area contributed by atoms with Gasteiger partial charge in [0.25, 0.3) is 0 Å². The first-order valence-corrected chi connectivity index (χ1v) is 4.80. The fraction of sp³-hybridized carbons (Fsp3) is 1.00. The van der Waals surface area contributed by atoms with Crippen LogP contribution >= 0.6 is 0 Å². The van der Waals surface area contributed by atoms with Gasteiger partial charge in [0.2, 0.25) is 0 Å². The quantitative estimate of drug-likeness (QED) is 0.568. The largest absolute Gasteiger partial charge is 0.327 e. The van der Waals surface area contributed by atoms with Crippen LogP contribution in [-0.4, -0.2) is 6.04 Å². The maximum atomic E-state index is 6.10. The maximum absolute atomic E-state index is 6.10. The van der Waals surface area contributed by atoms with Crippen LogP contribution < -0.4 is 5.73 Å². The van der Waals surface area contributed by atoms with Gasteiger partial charge in [0.15, 0.2) is 0 Å². The highest BCUT2D eigenvalue weighted by molar-refractivity contribution is 5.07. The van der Waals surface area contributed by atoms with Crippen LogP contribution in [0.5, 0.6) is 0 Å². The van der Waals surface area contributed by atoms with E-state index in [2.05, 4.69) is 13.8 Å². The van der Waals surface area contributed by atoms with E-state index < -0.39 is 0 Å². The molecule has 0 aromatic rings. The summed E-state index contributed by atoms with van der Waals surface area (Å²) in [6, 6.07) is 0.524. The van der Waals surface area contributed by atoms with E-state index in [9.17, 15) is 0 Å². The Hall–Kier alpha value is -0.0400. The molecular weight excluding hydrogens is 134 g/mol. The summed E-state index contributed by atoms with van der Waals surface area (Å²) in [6.07, 6.45) is 6.80. The summed E-state index contributed by atoms with van der Waals surface area (Å²) in [6.45, 7) is 4.73. The summed E-state index contributed by atoms with van der Waals surface area (Å²) in [5.41, 5.74) is 7.28. The molecule has 2 aliphatic carbocycles. The van der Waals surface area contributed by atoms with Crippen molar-refractivity contribution in [1.82, 2.24) is 0 Å². The molecule has 0 amide bonds. The Morgan fingerprint density at radius 3 is 2.27 bits per heavy atom. The summed E-state index contributed by atoms with van der Waals surface area (Å²) >= 11 is 0. The molecule has 0 radical (unpaired) electrons. The van der Waals surface area contributed by atoms with Crippen LogP contribution in [0.4, 0.5) is 0 Å². The van der Waals surface area contributed by atoms with Gasteiger partial charge in [0.05, 0.1) is 0 Å². The third-order valence-electron chi connectivity index (χ3n) is 3.64. The van der Waals surface area contributed by atoms with Crippen LogP contribution in [0.2, 0.25) is 0 Å². The van der Waals surface area contributed by atoms with Crippen LogP contribution in [0.1, 0.15) is 46.0 Å². The molecule has 1 spiro atoms. The molecule has 2 rings (SSSR count). The second-order valence-electron chi connectivity index (χ2n) is 5.38. The molecule has 0 aliphatic heterocycles. The Balaban J connectivity index is 2.05. The van der Waals surface area contributed by atoms with Crippen LogP contribution in [-0.2, 0) is 0 Å². The normalized spacial score (nSPS) is 39.0. The Labute approximate surface area is 69.4 Å². The molecule has 1 heteroatoms. The molecule has 64 valence electrons. The molecular formula is C10H19N. The number of hydrogen-bond donors (Lipinski definition) is 1. The molecule has 1 unspecified atom stereocenters. The zero-order valence-corrected chi connectivity index (χ0v) is 7.69. The fourth-order valence-electron chi connectivity index (χ4n) is 3.46. The minimum absolute atomic E-state index is 0.524. The lowest BCUT2D eigenvalue weighted by Gasteiger charge is -2.54. The van der Waals surface area contributed by atoms with Crippen LogP contribution in [0.3, 0.4) is 0 Å². The van der Waals surface area contributed by atoms with Gasteiger partial charge in [-0.3, -0.25) is 0 Å². The Morgan fingerprint density at radius 1 is 1.27 bits per heavy atom. The molecule has 2 aliphatic rings. The van der Waals surface area contributed by atoms with Gasteiger partial charge in [-0.2, -0.15) is 0 Å². The Bertz CT molecular complexity index is 164. The molecule has 0 bridgehead atoms. The number of hydrogen-bond acceptors (Lipinski definition) is 1. The van der Waals surface area contributed by atoms with Crippen molar-refractivity contribution in [2.75, 3.05) is 0 Å². The van der Waals surface area contributed by atoms with Gasteiger partial charge >= 0.3 is 0 Å². The van der Waals surface area contributed by atoms with Crippen LogP contribution in [0.25, 0.3) is 0 Å². The van der Waals surface area contributed by atoms with E-state index >= 15 is 0 Å². The summed E-state index contributed by atoms with van der Waals surface area (Å²) in [7, 11) is 0. The first kappa shape index (κ1) is 7.60. The molecule has 1 atom stereocenters. The predicted molar refractivity (Wildman–Crippen MR) is 47.3 cm³/mol. The smallest absolute Gasteiger partial charge is 0.00959 e. The zero-order valence-electron chi connectivity index (χ0n) is 7.69. The van der Waals surface area contributed by atoms with Gasteiger partial charge in [-0.05, 0) is 36.5 Å². The molecule has 0 heterocycles. The number of rotatable bonds is 0. The summed E-state index contributed by atoms with van der Waals surface area (Å²) in [5.74, 6) is 0. The molecule has 0 saturated heterocycles. The summed E-state index contributed by atoms with van der Waals surface area (Å²) in [4.78, 5) is 0. The standard InChI is InChI=1S/C10H19N/c1-9(2)6-10(7-9)5-3-4-8(10)11/h8H,3-7,11H2,1-2H3. The Morgan fingerprint density at radius 2 is 1.91 bits per heavy atom. The molecule has 2 N–H and O–H groups in total. The van der Waals surface area contributed by atoms with Crippen molar-refractivity contribution in [3.05, 3.63) is 0 Å². The molecule has 2 saturated carbocycles. The molecule has 1 nitrogen and oxygen atoms in total. The van der Waals surface area contributed by atoms with E-state index in [0.717, 1.165) is 0 Å². The molecule has 0 aromatic heterocycles. The highest BCUT2D eigenvalue weighted by Crippen LogP contribution is 2.61. The zero-order chi connectivity index (χ0) is 8.11. The fourth-order valence-corrected chi connectivity index (χ4v) is 3.46. The van der Waals surface area contributed by atoms with E-state index in [0.29, 0.717) is 16.9 Å². The van der Waals surface area contributed by atoms with Crippen LogP contribution in [0, 0.1) is 10.8 Å². The maximum Gasteiger partial charge on any atom is 0.00959 e. The second-order valence-corrected chi connectivity index (χ2v) is 5.38. The lowest BCUT2D eigenvalue weighted by molar-refractivity contribution is -0.0194. The third kappa shape index (κ3) is 1.01. The molecule has 2 fully saturated rings. The monoisotopic (exact) mass is 153 g/mol. The van der Waals surface area contributed by atoms with Crippen molar-refractivity contribution < 1.29 is 0 Å². The topological polar surface area (TPSA) is 26.0 Å². The number of nitrogens with two attached hydrogens (primary N) is 1. The van der Waals surface area contributed by atoms with Crippen LogP contribution in [0.15, 0.2) is 0 Å². The van der Waals surface area contributed by atoms with Crippen molar-refractivity contribution in [1.29, 1.82) is 0 Å². The average molecular weight is 153 g/mol. The van der Waals surface area contributed by atoms with Gasteiger partial charge in [0.1, 0.15) is 0 Å². The Kier molecular flexibility index (Phi) is 1.39. The SMILES string of the molecule is CC1(C)CC2(CCCC2N)C1. The van der Waals surface area contributed by atoms with E-state index in [4.69, 9.17) is 5.73 Å². The lowest BCUT2D eigenvalue weighted by Crippen LogP contribution is -2.50. The van der Waals surface area contributed by atoms with E-state index in [-0.39, 0.29) is 0 Å². The van der Waals surface area contributed by atoms with Crippen molar-refractivity contribution >= 4 is 0 Å². The highest BCUT2D eigenvalue weighted by atomic mass is 14.8. The van der Waals surface area contributed by atoms with E-state index in [1.807, 2.05) is 0 Å². The van der Waals surface area contributed by atoms with Gasteiger partial charge in [0, 0.05) is 6.04 Å². The molecule has 11 heavy (non-hydrogen) atoms. The molecule has 0 aromatic carbocycles. The third-order valence-corrected chi connectivity index (χ3v) is 3.64.